The van der Waals surface area contributed by atoms with Crippen LogP contribution in [0.25, 0.3) is 0 Å². The van der Waals surface area contributed by atoms with Gasteiger partial charge in [-0.25, -0.2) is 9.59 Å². The van der Waals surface area contributed by atoms with Crippen LogP contribution in [0.4, 0.5) is 9.59 Å². The number of hydrogen-bond acceptors (Lipinski definition) is 7. The van der Waals surface area contributed by atoms with Crippen LogP contribution in [0.2, 0.25) is 0 Å². The largest absolute Gasteiger partial charge is 0.491 e. The topological polar surface area (TPSA) is 104 Å². The average Bonchev–Trinajstić information content (AvgIpc) is 3.19. The predicted octanol–water partition coefficient (Wildman–Crippen LogP) is 4.81. The van der Waals surface area contributed by atoms with Crippen molar-refractivity contribution in [3.05, 3.63) is 65.7 Å². The highest BCUT2D eigenvalue weighted by atomic mass is 16.6. The molecule has 1 saturated heterocycles. The van der Waals surface area contributed by atoms with E-state index in [1.807, 2.05) is 58.2 Å². The molecule has 1 saturated carbocycles. The van der Waals surface area contributed by atoms with Crippen molar-refractivity contribution in [2.24, 2.45) is 11.8 Å². The Bertz CT molecular complexity index is 1160. The highest BCUT2D eigenvalue weighted by Crippen LogP contribution is 2.40. The summed E-state index contributed by atoms with van der Waals surface area (Å²) in [5, 5.41) is 12.0. The van der Waals surface area contributed by atoms with Gasteiger partial charge in [-0.1, -0.05) is 30.3 Å². The van der Waals surface area contributed by atoms with E-state index in [0.29, 0.717) is 29.7 Å². The predicted molar refractivity (Wildman–Crippen MR) is 151 cm³/mol. The van der Waals surface area contributed by atoms with E-state index in [-0.39, 0.29) is 31.4 Å². The molecule has 2 bridgehead atoms. The number of carbonyl (C=O) groups is 2. The van der Waals surface area contributed by atoms with E-state index in [4.69, 9.17) is 19.5 Å². The monoisotopic (exact) mass is 548 g/mol. The summed E-state index contributed by atoms with van der Waals surface area (Å²) in [6.45, 7) is 8.31. The summed E-state index contributed by atoms with van der Waals surface area (Å²) >= 11 is 0. The maximum Gasteiger partial charge on any atom is 0.410 e. The first-order valence-corrected chi connectivity index (χ1v) is 13.9. The van der Waals surface area contributed by atoms with Crippen molar-refractivity contribution in [3.8, 4) is 11.8 Å². The van der Waals surface area contributed by atoms with Crippen LogP contribution in [0.15, 0.2) is 54.6 Å². The number of benzene rings is 2. The third-order valence-corrected chi connectivity index (χ3v) is 7.44. The second-order valence-electron chi connectivity index (χ2n) is 11.7. The third kappa shape index (κ3) is 8.12. The summed E-state index contributed by atoms with van der Waals surface area (Å²) in [6, 6.07) is 18.4. The number of fused-ring (bicyclic) bond motifs is 2. The molecule has 0 aromatic heterocycles. The molecular weight excluding hydrogens is 508 g/mol. The molecule has 0 radical (unpaired) electrons. The first-order valence-electron chi connectivity index (χ1n) is 13.9. The molecular formula is C31H40N4O5. The van der Waals surface area contributed by atoms with E-state index in [2.05, 4.69) is 16.3 Å². The van der Waals surface area contributed by atoms with Gasteiger partial charge in [0.2, 0.25) is 0 Å². The lowest BCUT2D eigenvalue weighted by Crippen LogP contribution is -2.56. The molecule has 1 aliphatic carbocycles. The number of rotatable bonds is 9. The quantitative estimate of drug-likeness (QED) is 0.480. The van der Waals surface area contributed by atoms with Gasteiger partial charge in [0.1, 0.15) is 24.6 Å². The molecule has 3 atom stereocenters. The second kappa shape index (κ2) is 13.1. The summed E-state index contributed by atoms with van der Waals surface area (Å²) in [4.78, 5) is 29.6. The van der Waals surface area contributed by atoms with Gasteiger partial charge in [0.25, 0.3) is 0 Å². The Hall–Kier alpha value is -3.77. The lowest BCUT2D eigenvalue weighted by atomic mass is 9.91. The minimum absolute atomic E-state index is 0.142. The maximum absolute atomic E-state index is 12.8. The van der Waals surface area contributed by atoms with Crippen LogP contribution < -0.4 is 10.1 Å². The summed E-state index contributed by atoms with van der Waals surface area (Å²) in [6.07, 6.45) is 1.33. The molecule has 9 heteroatoms. The number of nitriles is 1. The highest BCUT2D eigenvalue weighted by Gasteiger charge is 2.46. The van der Waals surface area contributed by atoms with Gasteiger partial charge >= 0.3 is 12.2 Å². The van der Waals surface area contributed by atoms with Crippen LogP contribution in [-0.4, -0.2) is 73.0 Å². The summed E-state index contributed by atoms with van der Waals surface area (Å²) in [7, 11) is 1.85. The minimum Gasteiger partial charge on any atom is -0.491 e. The van der Waals surface area contributed by atoms with Gasteiger partial charge in [-0.2, -0.15) is 5.26 Å². The molecule has 2 amide bonds. The molecule has 1 N–H and O–H groups in total. The van der Waals surface area contributed by atoms with Crippen molar-refractivity contribution in [1.29, 1.82) is 5.26 Å². The zero-order chi connectivity index (χ0) is 28.7. The van der Waals surface area contributed by atoms with E-state index in [1.165, 1.54) is 0 Å². The lowest BCUT2D eigenvalue weighted by Gasteiger charge is -2.43. The SMILES string of the molecule is CN(C(=O)OC(C)(C)C)C1C2CCC1CN(C[C@@H](COc1ccc(C#N)cc1)NC(=O)OCc1ccccc1)C2. The molecule has 2 fully saturated rings. The maximum atomic E-state index is 12.8. The Labute approximate surface area is 237 Å². The molecule has 2 aromatic rings. The summed E-state index contributed by atoms with van der Waals surface area (Å²) in [5.41, 5.74) is 0.936. The van der Waals surface area contributed by atoms with Gasteiger partial charge in [-0.15, -0.1) is 0 Å². The molecule has 4 rings (SSSR count). The van der Waals surface area contributed by atoms with E-state index in [0.717, 1.165) is 31.5 Å². The van der Waals surface area contributed by atoms with Crippen molar-refractivity contribution in [3.63, 3.8) is 0 Å². The number of nitrogens with one attached hydrogen (secondary N) is 1. The first kappa shape index (κ1) is 29.2. The molecule has 9 nitrogen and oxygen atoms in total. The van der Waals surface area contributed by atoms with Crippen LogP contribution >= 0.6 is 0 Å². The van der Waals surface area contributed by atoms with Gasteiger partial charge in [0, 0.05) is 32.7 Å². The molecule has 1 aliphatic heterocycles. The van der Waals surface area contributed by atoms with E-state index >= 15 is 0 Å². The van der Waals surface area contributed by atoms with Gasteiger partial charge in [-0.05, 0) is 75.3 Å². The van der Waals surface area contributed by atoms with Crippen molar-refractivity contribution in [2.45, 2.75) is 57.9 Å². The Morgan fingerprint density at radius 2 is 1.73 bits per heavy atom. The standard InChI is InChI=1S/C31H40N4O5/c1-31(2,3)40-30(37)34(4)28-24-12-13-25(28)18-35(17-24)19-26(21-38-27-14-10-22(16-32)11-15-27)33-29(36)39-20-23-8-6-5-7-9-23/h5-11,14-15,24-26,28H,12-13,17-21H2,1-4H3,(H,33,36)/t24?,25?,26-,28?/m0/s1. The molecule has 2 aliphatic rings. The zero-order valence-electron chi connectivity index (χ0n) is 23.8. The molecule has 1 heterocycles. The van der Waals surface area contributed by atoms with Crippen LogP contribution in [0.5, 0.6) is 5.75 Å². The van der Waals surface area contributed by atoms with E-state index in [9.17, 15) is 9.59 Å². The number of ether oxygens (including phenoxy) is 3. The number of carbonyl (C=O) groups excluding carboxylic acids is 2. The first-order chi connectivity index (χ1) is 19.1. The fourth-order valence-corrected chi connectivity index (χ4v) is 5.73. The number of piperidine rings is 1. The van der Waals surface area contributed by atoms with Crippen molar-refractivity contribution in [1.82, 2.24) is 15.1 Å². The molecule has 0 spiro atoms. The fourth-order valence-electron chi connectivity index (χ4n) is 5.73. The van der Waals surface area contributed by atoms with Crippen LogP contribution in [-0.2, 0) is 16.1 Å². The fraction of sp³-hybridized carbons (Fsp3) is 0.516. The molecule has 40 heavy (non-hydrogen) atoms. The van der Waals surface area contributed by atoms with Gasteiger partial charge in [0.15, 0.2) is 0 Å². The number of hydrogen-bond donors (Lipinski definition) is 1. The molecule has 2 aromatic carbocycles. The normalized spacial score (nSPS) is 21.1. The van der Waals surface area contributed by atoms with E-state index < -0.39 is 11.7 Å². The average molecular weight is 549 g/mol. The van der Waals surface area contributed by atoms with Crippen LogP contribution in [0.3, 0.4) is 0 Å². The third-order valence-electron chi connectivity index (χ3n) is 7.44. The second-order valence-corrected chi connectivity index (χ2v) is 11.7. The van der Waals surface area contributed by atoms with Gasteiger partial charge < -0.3 is 29.3 Å². The lowest BCUT2D eigenvalue weighted by molar-refractivity contribution is -0.000587. The zero-order valence-corrected chi connectivity index (χ0v) is 23.8. The highest BCUT2D eigenvalue weighted by molar-refractivity contribution is 5.68. The van der Waals surface area contributed by atoms with Crippen LogP contribution in [0, 0.1) is 23.2 Å². The number of alkyl carbamates (subject to hydrolysis) is 1. The smallest absolute Gasteiger partial charge is 0.410 e. The number of amides is 2. The Balaban J connectivity index is 1.37. The number of nitrogens with zero attached hydrogens (tertiary/aromatic N) is 3. The minimum atomic E-state index is -0.534. The van der Waals surface area contributed by atoms with Crippen LogP contribution in [0.1, 0.15) is 44.7 Å². The summed E-state index contributed by atoms with van der Waals surface area (Å²) in [5.74, 6) is 1.30. The van der Waals surface area contributed by atoms with Crippen molar-refractivity contribution in [2.75, 3.05) is 33.3 Å². The van der Waals surface area contributed by atoms with E-state index in [1.54, 1.807) is 29.2 Å². The van der Waals surface area contributed by atoms with Crippen molar-refractivity contribution < 1.29 is 23.8 Å². The summed E-state index contributed by atoms with van der Waals surface area (Å²) < 4.78 is 17.1. The van der Waals surface area contributed by atoms with Crippen molar-refractivity contribution >= 4 is 12.2 Å². The Kier molecular flexibility index (Phi) is 9.54. The molecule has 2 unspecified atom stereocenters. The number of likely N-dealkylation sites (tertiary alicyclic amines) is 1. The Morgan fingerprint density at radius 1 is 1.07 bits per heavy atom. The van der Waals surface area contributed by atoms with Gasteiger partial charge in [-0.3, -0.25) is 0 Å². The van der Waals surface area contributed by atoms with Gasteiger partial charge in [0.05, 0.1) is 17.7 Å². The molecule has 214 valence electrons. The Morgan fingerprint density at radius 3 is 2.33 bits per heavy atom.